The van der Waals surface area contributed by atoms with Crippen molar-refractivity contribution < 1.29 is 13.2 Å². The minimum Gasteiger partial charge on any atom is -0.363 e. The standard InChI is InChI=1S/C28H23N9O3S/c1-41(39,40)21-11-19(13-29-16-21)28(38)32-15-20-12-24-18(14-30-20)8-9-23(33-24)22-5-4-6-25(34-22)31-17-27-36-35-26-7-2-3-10-37(26)27/h2-14,16H,15,17H2,1H3,(H,31,34)(H,32,38). The number of hydrogen-bond acceptors (Lipinski definition) is 10. The van der Waals surface area contributed by atoms with E-state index in [2.05, 4.69) is 30.8 Å². The molecule has 204 valence electrons. The Morgan fingerprint density at radius 1 is 0.902 bits per heavy atom. The summed E-state index contributed by atoms with van der Waals surface area (Å²) in [5.74, 6) is 0.979. The fourth-order valence-corrected chi connectivity index (χ4v) is 4.77. The van der Waals surface area contributed by atoms with Gasteiger partial charge in [0.1, 0.15) is 5.82 Å². The molecule has 0 atom stereocenters. The van der Waals surface area contributed by atoms with Crippen molar-refractivity contribution in [2.75, 3.05) is 11.6 Å². The van der Waals surface area contributed by atoms with Crippen molar-refractivity contribution in [2.24, 2.45) is 0 Å². The van der Waals surface area contributed by atoms with Gasteiger partial charge in [-0.3, -0.25) is 19.2 Å². The number of amides is 1. The molecule has 0 spiro atoms. The van der Waals surface area contributed by atoms with Crippen LogP contribution < -0.4 is 10.6 Å². The molecule has 2 N–H and O–H groups in total. The van der Waals surface area contributed by atoms with Crippen molar-refractivity contribution in [1.29, 1.82) is 0 Å². The molecular weight excluding hydrogens is 542 g/mol. The van der Waals surface area contributed by atoms with Crippen molar-refractivity contribution in [2.45, 2.75) is 18.0 Å². The van der Waals surface area contributed by atoms with Crippen molar-refractivity contribution in [3.05, 3.63) is 103 Å². The third-order valence-electron chi connectivity index (χ3n) is 6.29. The molecule has 6 heterocycles. The van der Waals surface area contributed by atoms with Gasteiger partial charge in [0.25, 0.3) is 5.91 Å². The number of hydrogen-bond donors (Lipinski definition) is 2. The number of aromatic nitrogens is 7. The highest BCUT2D eigenvalue weighted by atomic mass is 32.2. The summed E-state index contributed by atoms with van der Waals surface area (Å²) in [6.45, 7) is 0.570. The van der Waals surface area contributed by atoms with Crippen LogP contribution in [0.4, 0.5) is 5.82 Å². The van der Waals surface area contributed by atoms with Crippen molar-refractivity contribution in [3.63, 3.8) is 0 Å². The van der Waals surface area contributed by atoms with Crippen molar-refractivity contribution >= 4 is 38.1 Å². The Kier molecular flexibility index (Phi) is 6.77. The molecule has 12 nitrogen and oxygen atoms in total. The molecule has 6 aromatic rings. The molecule has 0 saturated carbocycles. The highest BCUT2D eigenvalue weighted by Crippen LogP contribution is 2.21. The van der Waals surface area contributed by atoms with Crippen LogP contribution in [0.3, 0.4) is 0 Å². The zero-order valence-corrected chi connectivity index (χ0v) is 22.6. The summed E-state index contributed by atoms with van der Waals surface area (Å²) in [7, 11) is -3.48. The van der Waals surface area contributed by atoms with Crippen LogP contribution >= 0.6 is 0 Å². The summed E-state index contributed by atoms with van der Waals surface area (Å²) in [5.41, 5.74) is 3.57. The van der Waals surface area contributed by atoms with Crippen LogP contribution in [0.25, 0.3) is 27.9 Å². The zero-order valence-electron chi connectivity index (χ0n) is 21.8. The van der Waals surface area contributed by atoms with E-state index < -0.39 is 15.7 Å². The van der Waals surface area contributed by atoms with E-state index >= 15 is 0 Å². The Bertz CT molecular complexity index is 2030. The minimum atomic E-state index is -3.48. The van der Waals surface area contributed by atoms with E-state index in [0.717, 1.165) is 23.1 Å². The highest BCUT2D eigenvalue weighted by Gasteiger charge is 2.13. The Morgan fingerprint density at radius 2 is 1.78 bits per heavy atom. The van der Waals surface area contributed by atoms with E-state index in [9.17, 15) is 13.2 Å². The van der Waals surface area contributed by atoms with Gasteiger partial charge in [-0.2, -0.15) is 0 Å². The SMILES string of the molecule is CS(=O)(=O)c1cncc(C(=O)NCc2cc3nc(-c4cccc(NCc5nnc6ccccn56)n4)ccc3cn2)c1. The van der Waals surface area contributed by atoms with Gasteiger partial charge in [-0.05, 0) is 48.5 Å². The van der Waals surface area contributed by atoms with Crippen LogP contribution in [0.15, 0.2) is 90.3 Å². The maximum atomic E-state index is 12.6. The smallest absolute Gasteiger partial charge is 0.253 e. The predicted molar refractivity (Wildman–Crippen MR) is 152 cm³/mol. The Balaban J connectivity index is 1.17. The molecule has 0 bridgehead atoms. The van der Waals surface area contributed by atoms with Crippen LogP contribution in [0, 0.1) is 0 Å². The molecule has 6 aromatic heterocycles. The summed E-state index contributed by atoms with van der Waals surface area (Å²) in [6, 6.07) is 18.3. The molecule has 0 saturated heterocycles. The van der Waals surface area contributed by atoms with Crippen LogP contribution in [0.1, 0.15) is 21.9 Å². The van der Waals surface area contributed by atoms with Gasteiger partial charge in [-0.1, -0.05) is 12.1 Å². The second-order valence-corrected chi connectivity index (χ2v) is 11.3. The van der Waals surface area contributed by atoms with E-state index in [-0.39, 0.29) is 17.0 Å². The normalized spacial score (nSPS) is 11.5. The third kappa shape index (κ3) is 5.70. The van der Waals surface area contributed by atoms with Gasteiger partial charge >= 0.3 is 0 Å². The first-order valence-corrected chi connectivity index (χ1v) is 14.4. The van der Waals surface area contributed by atoms with Crippen molar-refractivity contribution in [1.82, 2.24) is 39.9 Å². The quantitative estimate of drug-likeness (QED) is 0.281. The predicted octanol–water partition coefficient (Wildman–Crippen LogP) is 3.08. The molecule has 0 aromatic carbocycles. The van der Waals surface area contributed by atoms with Crippen molar-refractivity contribution in [3.8, 4) is 11.4 Å². The van der Waals surface area contributed by atoms with E-state index in [4.69, 9.17) is 9.97 Å². The molecule has 13 heteroatoms. The third-order valence-corrected chi connectivity index (χ3v) is 7.37. The number of pyridine rings is 5. The lowest BCUT2D eigenvalue weighted by molar-refractivity contribution is 0.0950. The van der Waals surface area contributed by atoms with Crippen LogP contribution in [-0.4, -0.2) is 55.1 Å². The molecular formula is C28H23N9O3S. The lowest BCUT2D eigenvalue weighted by atomic mass is 10.2. The van der Waals surface area contributed by atoms with E-state index in [0.29, 0.717) is 35.0 Å². The number of nitrogens with one attached hydrogen (secondary N) is 2. The molecule has 1 amide bonds. The van der Waals surface area contributed by atoms with Gasteiger partial charge in [-0.25, -0.2) is 18.4 Å². The summed E-state index contributed by atoms with van der Waals surface area (Å²) in [4.78, 5) is 30.4. The molecule has 0 aliphatic carbocycles. The zero-order chi connectivity index (χ0) is 28.4. The fraction of sp³-hybridized carbons (Fsp3) is 0.107. The summed E-state index contributed by atoms with van der Waals surface area (Å²) >= 11 is 0. The first-order chi connectivity index (χ1) is 19.8. The number of fused-ring (bicyclic) bond motifs is 2. The number of carbonyl (C=O) groups is 1. The van der Waals surface area contributed by atoms with Gasteiger partial charge in [-0.15, -0.1) is 10.2 Å². The summed E-state index contributed by atoms with van der Waals surface area (Å²) in [5, 5.41) is 15.3. The lowest BCUT2D eigenvalue weighted by Gasteiger charge is -2.09. The monoisotopic (exact) mass is 565 g/mol. The van der Waals surface area contributed by atoms with Crippen LogP contribution in [0.2, 0.25) is 0 Å². The first-order valence-electron chi connectivity index (χ1n) is 12.5. The highest BCUT2D eigenvalue weighted by molar-refractivity contribution is 7.90. The maximum Gasteiger partial charge on any atom is 0.253 e. The van der Waals surface area contributed by atoms with E-state index in [1.807, 2.05) is 59.1 Å². The topological polar surface area (TPSA) is 157 Å². The fourth-order valence-electron chi connectivity index (χ4n) is 4.17. The van der Waals surface area contributed by atoms with E-state index in [1.54, 1.807) is 12.3 Å². The van der Waals surface area contributed by atoms with Gasteiger partial charge in [0.2, 0.25) is 0 Å². The van der Waals surface area contributed by atoms with Gasteiger partial charge in [0, 0.05) is 36.4 Å². The second-order valence-electron chi connectivity index (χ2n) is 9.24. The molecule has 6 rings (SSSR count). The molecule has 41 heavy (non-hydrogen) atoms. The minimum absolute atomic E-state index is 0.0226. The molecule has 0 unspecified atom stereocenters. The average Bonchev–Trinajstić information content (AvgIpc) is 3.41. The first kappa shape index (κ1) is 26.0. The molecule has 0 aliphatic rings. The largest absolute Gasteiger partial charge is 0.363 e. The molecule has 0 aliphatic heterocycles. The van der Waals surface area contributed by atoms with Crippen LogP contribution in [0.5, 0.6) is 0 Å². The van der Waals surface area contributed by atoms with Gasteiger partial charge in [0.05, 0.1) is 46.1 Å². The Hall–Kier alpha value is -5.30. The second kappa shape index (κ2) is 10.7. The average molecular weight is 566 g/mol. The Labute approximate surface area is 234 Å². The number of sulfone groups is 1. The number of anilines is 1. The summed E-state index contributed by atoms with van der Waals surface area (Å²) in [6.07, 6.45) is 7.19. The summed E-state index contributed by atoms with van der Waals surface area (Å²) < 4.78 is 25.5. The maximum absolute atomic E-state index is 12.6. The number of carbonyl (C=O) groups excluding carboxylic acids is 1. The Morgan fingerprint density at radius 3 is 2.66 bits per heavy atom. The van der Waals surface area contributed by atoms with E-state index in [1.165, 1.54) is 18.5 Å². The van der Waals surface area contributed by atoms with Crippen LogP contribution in [-0.2, 0) is 22.9 Å². The number of rotatable bonds is 8. The van der Waals surface area contributed by atoms with Gasteiger partial charge < -0.3 is 10.6 Å². The molecule has 0 radical (unpaired) electrons. The lowest BCUT2D eigenvalue weighted by Crippen LogP contribution is -2.23. The number of nitrogens with zero attached hydrogens (tertiary/aromatic N) is 7. The van der Waals surface area contributed by atoms with Gasteiger partial charge in [0.15, 0.2) is 21.3 Å². The molecule has 0 fully saturated rings.